The Hall–Kier alpha value is -0.990. The average molecular weight is 415 g/mol. The maximum absolute atomic E-state index is 13.1. The van der Waals surface area contributed by atoms with E-state index in [0.29, 0.717) is 26.2 Å². The molecular formula is C14H16BrClF3N3O. The summed E-state index contributed by atoms with van der Waals surface area (Å²) in [7, 11) is 0. The predicted octanol–water partition coefficient (Wildman–Crippen LogP) is 4.29. The molecule has 1 fully saturated rings. The van der Waals surface area contributed by atoms with Crippen LogP contribution in [0.3, 0.4) is 0 Å². The standard InChI is InChI=1S/C14H16BrClF3N3O/c1-2-21-3-5-22(6-4-21)13(23)20-12-10(14(17,18)19)7-9(15)8-11(12)16/h7-8H,2-6H2,1H3,(H,20,23). The third kappa shape index (κ3) is 4.51. The Morgan fingerprint density at radius 3 is 2.43 bits per heavy atom. The van der Waals surface area contributed by atoms with Crippen LogP contribution >= 0.6 is 27.5 Å². The second kappa shape index (κ2) is 7.27. The molecule has 0 aliphatic carbocycles. The van der Waals surface area contributed by atoms with Crippen LogP contribution < -0.4 is 5.32 Å². The van der Waals surface area contributed by atoms with Crippen LogP contribution in [0.15, 0.2) is 16.6 Å². The van der Waals surface area contributed by atoms with E-state index in [-0.39, 0.29) is 9.50 Å². The van der Waals surface area contributed by atoms with Crippen molar-refractivity contribution in [2.24, 2.45) is 0 Å². The van der Waals surface area contributed by atoms with Crippen molar-refractivity contribution in [2.75, 3.05) is 38.0 Å². The first-order chi connectivity index (χ1) is 10.7. The summed E-state index contributed by atoms with van der Waals surface area (Å²) in [4.78, 5) is 15.9. The lowest BCUT2D eigenvalue weighted by molar-refractivity contribution is -0.137. The number of likely N-dealkylation sites (N-methyl/N-ethyl adjacent to an activating group) is 1. The highest BCUT2D eigenvalue weighted by atomic mass is 79.9. The number of nitrogens with zero attached hydrogens (tertiary/aromatic N) is 2. The molecule has 2 rings (SSSR count). The molecule has 4 nitrogen and oxygen atoms in total. The van der Waals surface area contributed by atoms with Crippen LogP contribution in [-0.2, 0) is 6.18 Å². The number of halogens is 5. The Kier molecular flexibility index (Phi) is 5.80. The predicted molar refractivity (Wildman–Crippen MR) is 86.9 cm³/mol. The lowest BCUT2D eigenvalue weighted by Gasteiger charge is -2.34. The third-order valence-electron chi connectivity index (χ3n) is 3.70. The number of carbonyl (C=O) groups is 1. The van der Waals surface area contributed by atoms with Crippen molar-refractivity contribution in [3.8, 4) is 0 Å². The lowest BCUT2D eigenvalue weighted by atomic mass is 10.1. The van der Waals surface area contributed by atoms with E-state index in [1.807, 2.05) is 6.92 Å². The van der Waals surface area contributed by atoms with Gasteiger partial charge in [0, 0.05) is 30.7 Å². The van der Waals surface area contributed by atoms with Crippen molar-refractivity contribution < 1.29 is 18.0 Å². The van der Waals surface area contributed by atoms with Gasteiger partial charge in [0.2, 0.25) is 0 Å². The molecular weight excluding hydrogens is 399 g/mol. The zero-order valence-electron chi connectivity index (χ0n) is 12.4. The Labute approximate surface area is 145 Å². The third-order valence-corrected chi connectivity index (χ3v) is 4.45. The molecule has 1 N–H and O–H groups in total. The Morgan fingerprint density at radius 2 is 1.91 bits per heavy atom. The van der Waals surface area contributed by atoms with E-state index in [4.69, 9.17) is 11.6 Å². The summed E-state index contributed by atoms with van der Waals surface area (Å²) in [5, 5.41) is 2.15. The maximum Gasteiger partial charge on any atom is 0.418 e. The fourth-order valence-electron chi connectivity index (χ4n) is 2.38. The molecule has 1 aliphatic heterocycles. The zero-order valence-corrected chi connectivity index (χ0v) is 14.7. The molecule has 0 saturated carbocycles. The van der Waals surface area contributed by atoms with E-state index in [2.05, 4.69) is 26.1 Å². The second-order valence-electron chi connectivity index (χ2n) is 5.16. The van der Waals surface area contributed by atoms with Gasteiger partial charge in [-0.05, 0) is 18.7 Å². The molecule has 0 unspecified atom stereocenters. The summed E-state index contributed by atoms with van der Waals surface area (Å²) in [5.74, 6) is 0. The van der Waals surface area contributed by atoms with Gasteiger partial charge >= 0.3 is 12.2 Å². The summed E-state index contributed by atoms with van der Waals surface area (Å²) in [6.07, 6.45) is -4.61. The number of benzene rings is 1. The number of piperazine rings is 1. The largest absolute Gasteiger partial charge is 0.418 e. The smallest absolute Gasteiger partial charge is 0.322 e. The normalized spacial score (nSPS) is 16.5. The molecule has 128 valence electrons. The topological polar surface area (TPSA) is 35.6 Å². The number of anilines is 1. The number of hydrogen-bond acceptors (Lipinski definition) is 2. The molecule has 1 aromatic carbocycles. The molecule has 23 heavy (non-hydrogen) atoms. The molecule has 0 aromatic heterocycles. The fraction of sp³-hybridized carbons (Fsp3) is 0.500. The number of rotatable bonds is 2. The Morgan fingerprint density at radius 1 is 1.30 bits per heavy atom. The van der Waals surface area contributed by atoms with Gasteiger partial charge in [-0.15, -0.1) is 0 Å². The summed E-state index contributed by atoms with van der Waals surface area (Å²) >= 11 is 8.88. The highest BCUT2D eigenvalue weighted by molar-refractivity contribution is 9.10. The monoisotopic (exact) mass is 413 g/mol. The summed E-state index contributed by atoms with van der Waals surface area (Å²) in [6, 6.07) is 1.65. The molecule has 0 bridgehead atoms. The van der Waals surface area contributed by atoms with Gasteiger partial charge in [-0.1, -0.05) is 34.5 Å². The van der Waals surface area contributed by atoms with Crippen molar-refractivity contribution in [1.82, 2.24) is 9.80 Å². The van der Waals surface area contributed by atoms with Crippen LogP contribution in [-0.4, -0.2) is 48.6 Å². The van der Waals surface area contributed by atoms with Crippen LogP contribution in [0.2, 0.25) is 5.02 Å². The number of carbonyl (C=O) groups excluding carboxylic acids is 1. The number of hydrogen-bond donors (Lipinski definition) is 1. The van der Waals surface area contributed by atoms with E-state index in [1.165, 1.54) is 11.0 Å². The Balaban J connectivity index is 2.18. The van der Waals surface area contributed by atoms with Gasteiger partial charge in [0.1, 0.15) is 0 Å². The van der Waals surface area contributed by atoms with Gasteiger partial charge in [0.15, 0.2) is 0 Å². The Bertz CT molecular complexity index is 589. The van der Waals surface area contributed by atoms with Gasteiger partial charge in [-0.2, -0.15) is 13.2 Å². The molecule has 1 saturated heterocycles. The zero-order chi connectivity index (χ0) is 17.2. The quantitative estimate of drug-likeness (QED) is 0.783. The maximum atomic E-state index is 13.1. The van der Waals surface area contributed by atoms with Crippen molar-refractivity contribution in [3.63, 3.8) is 0 Å². The van der Waals surface area contributed by atoms with Crippen molar-refractivity contribution in [1.29, 1.82) is 0 Å². The molecule has 1 aliphatic rings. The lowest BCUT2D eigenvalue weighted by Crippen LogP contribution is -2.49. The fourth-order valence-corrected chi connectivity index (χ4v) is 3.23. The van der Waals surface area contributed by atoms with Gasteiger partial charge in [-0.3, -0.25) is 0 Å². The SMILES string of the molecule is CCN1CCN(C(=O)Nc2c(Cl)cc(Br)cc2C(F)(F)F)CC1. The molecule has 1 heterocycles. The van der Waals surface area contributed by atoms with Crippen molar-refractivity contribution in [3.05, 3.63) is 27.2 Å². The first kappa shape index (κ1) is 18.4. The molecule has 9 heteroatoms. The van der Waals surface area contributed by atoms with Crippen LogP contribution in [0, 0.1) is 0 Å². The van der Waals surface area contributed by atoms with Gasteiger partial charge in [0.25, 0.3) is 0 Å². The number of urea groups is 1. The summed E-state index contributed by atoms with van der Waals surface area (Å²) < 4.78 is 39.6. The molecule has 0 atom stereocenters. The summed E-state index contributed by atoms with van der Waals surface area (Å²) in [5.41, 5.74) is -1.39. The van der Waals surface area contributed by atoms with E-state index in [9.17, 15) is 18.0 Å². The number of nitrogens with one attached hydrogen (secondary N) is 1. The molecule has 0 spiro atoms. The molecule has 1 aromatic rings. The molecule has 2 amide bonds. The van der Waals surface area contributed by atoms with Crippen molar-refractivity contribution >= 4 is 39.2 Å². The highest BCUT2D eigenvalue weighted by Crippen LogP contribution is 2.40. The van der Waals surface area contributed by atoms with Crippen LogP contribution in [0.5, 0.6) is 0 Å². The van der Waals surface area contributed by atoms with Crippen molar-refractivity contribution in [2.45, 2.75) is 13.1 Å². The van der Waals surface area contributed by atoms with E-state index in [0.717, 1.165) is 12.6 Å². The van der Waals surface area contributed by atoms with E-state index >= 15 is 0 Å². The van der Waals surface area contributed by atoms with E-state index < -0.39 is 23.5 Å². The number of amides is 2. The minimum Gasteiger partial charge on any atom is -0.322 e. The second-order valence-corrected chi connectivity index (χ2v) is 6.48. The van der Waals surface area contributed by atoms with Crippen LogP contribution in [0.25, 0.3) is 0 Å². The first-order valence-electron chi connectivity index (χ1n) is 7.07. The minimum atomic E-state index is -4.61. The number of alkyl halides is 3. The minimum absolute atomic E-state index is 0.160. The van der Waals surface area contributed by atoms with Crippen LogP contribution in [0.1, 0.15) is 12.5 Å². The highest BCUT2D eigenvalue weighted by Gasteiger charge is 2.36. The molecule has 0 radical (unpaired) electrons. The average Bonchev–Trinajstić information content (AvgIpc) is 2.48. The first-order valence-corrected chi connectivity index (χ1v) is 8.24. The van der Waals surface area contributed by atoms with Gasteiger partial charge in [0.05, 0.1) is 16.3 Å². The van der Waals surface area contributed by atoms with Gasteiger partial charge in [-0.25, -0.2) is 4.79 Å². The van der Waals surface area contributed by atoms with Crippen LogP contribution in [0.4, 0.5) is 23.7 Å². The summed E-state index contributed by atoms with van der Waals surface area (Å²) in [6.45, 7) is 5.23. The van der Waals surface area contributed by atoms with E-state index in [1.54, 1.807) is 0 Å². The van der Waals surface area contributed by atoms with Gasteiger partial charge < -0.3 is 15.1 Å².